The Kier molecular flexibility index (Phi) is 7.06. The van der Waals surface area contributed by atoms with Crippen LogP contribution in [0.25, 0.3) is 16.8 Å². The Balaban J connectivity index is 1.64. The Bertz CT molecular complexity index is 1650. The van der Waals surface area contributed by atoms with Gasteiger partial charge in [-0.3, -0.25) is 9.59 Å². The standard InChI is InChI=1S/C26H21N5O5S/c1-36-21-13-11-20(12-14-21)31-23(16-19(30-31)10-15-25(27)32)26(33)29-18-8-6-17(7-9-18)22-4-2-3-5-24(22)37(28,34)35/h2-9,11-14,16H,1H3,(H2,27,32)(H,29,33)(H2,28,34,35). The van der Waals surface area contributed by atoms with E-state index < -0.39 is 21.8 Å². The molecule has 4 aromatic rings. The number of nitrogens with one attached hydrogen (secondary N) is 1. The number of hydrogen-bond donors (Lipinski definition) is 3. The zero-order valence-corrected chi connectivity index (χ0v) is 20.3. The van der Waals surface area contributed by atoms with Gasteiger partial charge in [-0.2, -0.15) is 5.10 Å². The lowest BCUT2D eigenvalue weighted by atomic mass is 10.1. The monoisotopic (exact) mass is 515 g/mol. The predicted molar refractivity (Wildman–Crippen MR) is 137 cm³/mol. The van der Waals surface area contributed by atoms with E-state index in [1.54, 1.807) is 66.7 Å². The minimum atomic E-state index is -3.92. The third kappa shape index (κ3) is 5.84. The van der Waals surface area contributed by atoms with E-state index >= 15 is 0 Å². The molecule has 37 heavy (non-hydrogen) atoms. The van der Waals surface area contributed by atoms with Crippen LogP contribution in [-0.2, 0) is 14.8 Å². The number of ether oxygens (including phenoxy) is 1. The average Bonchev–Trinajstić information content (AvgIpc) is 3.32. The van der Waals surface area contributed by atoms with Crippen LogP contribution in [0.5, 0.6) is 5.75 Å². The highest BCUT2D eigenvalue weighted by Crippen LogP contribution is 2.28. The van der Waals surface area contributed by atoms with Crippen molar-refractivity contribution in [3.8, 4) is 34.4 Å². The maximum atomic E-state index is 13.2. The van der Waals surface area contributed by atoms with Gasteiger partial charge in [0, 0.05) is 23.2 Å². The number of primary sulfonamides is 1. The number of carbonyl (C=O) groups excluding carboxylic acids is 2. The van der Waals surface area contributed by atoms with Gasteiger partial charge in [0.25, 0.3) is 11.8 Å². The fourth-order valence-electron chi connectivity index (χ4n) is 3.53. The Morgan fingerprint density at radius 3 is 2.30 bits per heavy atom. The highest BCUT2D eigenvalue weighted by Gasteiger charge is 2.18. The highest BCUT2D eigenvalue weighted by atomic mass is 32.2. The first-order valence-corrected chi connectivity index (χ1v) is 12.3. The smallest absolute Gasteiger partial charge is 0.293 e. The van der Waals surface area contributed by atoms with Crippen molar-refractivity contribution >= 4 is 27.5 Å². The van der Waals surface area contributed by atoms with E-state index in [0.717, 1.165) is 0 Å². The fourth-order valence-corrected chi connectivity index (χ4v) is 4.29. The molecule has 4 rings (SSSR count). The van der Waals surface area contributed by atoms with Crippen LogP contribution >= 0.6 is 0 Å². The van der Waals surface area contributed by atoms with E-state index in [9.17, 15) is 18.0 Å². The number of anilines is 1. The first-order valence-electron chi connectivity index (χ1n) is 10.8. The normalized spacial score (nSPS) is 10.8. The number of hydrogen-bond acceptors (Lipinski definition) is 6. The molecule has 0 radical (unpaired) electrons. The molecule has 5 N–H and O–H groups in total. The van der Waals surface area contributed by atoms with Gasteiger partial charge in [-0.1, -0.05) is 30.3 Å². The third-order valence-corrected chi connectivity index (χ3v) is 6.19. The average molecular weight is 516 g/mol. The molecule has 0 atom stereocenters. The predicted octanol–water partition coefficient (Wildman–Crippen LogP) is 2.28. The Labute approximate surface area is 212 Å². The fraction of sp³-hybridized carbons (Fsp3) is 0.0385. The van der Waals surface area contributed by atoms with Crippen LogP contribution in [0.1, 0.15) is 16.2 Å². The summed E-state index contributed by atoms with van der Waals surface area (Å²) in [6.45, 7) is 0. The van der Waals surface area contributed by atoms with Crippen LogP contribution in [0, 0.1) is 11.8 Å². The lowest BCUT2D eigenvalue weighted by Crippen LogP contribution is -2.17. The summed E-state index contributed by atoms with van der Waals surface area (Å²) in [5.74, 6) is 4.05. The number of amides is 2. The van der Waals surface area contributed by atoms with E-state index in [2.05, 4.69) is 22.3 Å². The van der Waals surface area contributed by atoms with Gasteiger partial charge in [-0.25, -0.2) is 18.2 Å². The molecule has 11 heteroatoms. The molecule has 0 saturated carbocycles. The lowest BCUT2D eigenvalue weighted by Gasteiger charge is -2.11. The van der Waals surface area contributed by atoms with Crippen LogP contribution in [0.4, 0.5) is 5.69 Å². The maximum Gasteiger partial charge on any atom is 0.293 e. The lowest BCUT2D eigenvalue weighted by molar-refractivity contribution is -0.112. The molecule has 2 amide bonds. The van der Waals surface area contributed by atoms with Crippen molar-refractivity contribution < 1.29 is 22.7 Å². The molecule has 186 valence electrons. The van der Waals surface area contributed by atoms with Crippen molar-refractivity contribution in [1.82, 2.24) is 9.78 Å². The first kappa shape index (κ1) is 25.2. The molecule has 0 fully saturated rings. The van der Waals surface area contributed by atoms with Crippen molar-refractivity contribution in [1.29, 1.82) is 0 Å². The largest absolute Gasteiger partial charge is 0.497 e. The third-order valence-electron chi connectivity index (χ3n) is 5.22. The van der Waals surface area contributed by atoms with Gasteiger partial charge in [0.05, 0.1) is 17.7 Å². The van der Waals surface area contributed by atoms with Crippen LogP contribution in [0.15, 0.2) is 83.8 Å². The zero-order chi connectivity index (χ0) is 26.6. The number of benzene rings is 3. The van der Waals surface area contributed by atoms with Gasteiger partial charge < -0.3 is 15.8 Å². The Morgan fingerprint density at radius 2 is 1.68 bits per heavy atom. The van der Waals surface area contributed by atoms with E-state index in [4.69, 9.17) is 15.6 Å². The van der Waals surface area contributed by atoms with Crippen molar-refractivity contribution in [3.05, 3.63) is 90.3 Å². The summed E-state index contributed by atoms with van der Waals surface area (Å²) in [4.78, 5) is 24.3. The van der Waals surface area contributed by atoms with Gasteiger partial charge in [0.2, 0.25) is 10.0 Å². The van der Waals surface area contributed by atoms with Gasteiger partial charge in [0.1, 0.15) is 17.1 Å². The number of nitrogens with zero attached hydrogens (tertiary/aromatic N) is 2. The van der Waals surface area contributed by atoms with Crippen molar-refractivity contribution in [2.45, 2.75) is 4.90 Å². The highest BCUT2D eigenvalue weighted by molar-refractivity contribution is 7.89. The number of methoxy groups -OCH3 is 1. The summed E-state index contributed by atoms with van der Waals surface area (Å²) >= 11 is 0. The van der Waals surface area contributed by atoms with Crippen molar-refractivity contribution in [2.24, 2.45) is 10.9 Å². The molecule has 0 aliphatic rings. The minimum absolute atomic E-state index is 0.000205. The van der Waals surface area contributed by atoms with E-state index in [-0.39, 0.29) is 16.3 Å². The molecule has 0 spiro atoms. The number of nitrogens with two attached hydrogens (primary N) is 2. The number of rotatable bonds is 6. The Hall–Kier alpha value is -4.92. The van der Waals surface area contributed by atoms with Crippen LogP contribution < -0.4 is 20.9 Å². The molecule has 0 unspecified atom stereocenters. The number of aromatic nitrogens is 2. The quantitative estimate of drug-likeness (QED) is 0.334. The van der Waals surface area contributed by atoms with Gasteiger partial charge in [-0.15, -0.1) is 0 Å². The summed E-state index contributed by atoms with van der Waals surface area (Å²) in [6.07, 6.45) is 0. The molecule has 10 nitrogen and oxygen atoms in total. The van der Waals surface area contributed by atoms with Crippen molar-refractivity contribution in [2.75, 3.05) is 12.4 Å². The van der Waals surface area contributed by atoms with Crippen LogP contribution in [0.2, 0.25) is 0 Å². The SMILES string of the molecule is COc1ccc(-n2nc(C#CC(N)=O)cc2C(=O)Nc2ccc(-c3ccccc3S(N)(=O)=O)cc2)cc1. The molecule has 1 heterocycles. The van der Waals surface area contributed by atoms with Crippen LogP contribution in [-0.4, -0.2) is 37.1 Å². The van der Waals surface area contributed by atoms with Gasteiger partial charge in [0.15, 0.2) is 0 Å². The van der Waals surface area contributed by atoms with E-state index in [0.29, 0.717) is 28.3 Å². The number of primary amides is 1. The maximum absolute atomic E-state index is 13.2. The molecular weight excluding hydrogens is 494 g/mol. The molecule has 0 bridgehead atoms. The summed E-state index contributed by atoms with van der Waals surface area (Å²) in [5, 5.41) is 12.4. The Morgan fingerprint density at radius 1 is 1.00 bits per heavy atom. The second-order valence-corrected chi connectivity index (χ2v) is 9.24. The summed E-state index contributed by atoms with van der Waals surface area (Å²) < 4.78 is 30.4. The second-order valence-electron chi connectivity index (χ2n) is 7.71. The molecule has 0 aliphatic heterocycles. The summed E-state index contributed by atoms with van der Waals surface area (Å²) in [5.41, 5.74) is 7.49. The van der Waals surface area contributed by atoms with Crippen molar-refractivity contribution in [3.63, 3.8) is 0 Å². The molecule has 3 aromatic carbocycles. The summed E-state index contributed by atoms with van der Waals surface area (Å²) in [6, 6.07) is 21.3. The number of carbonyl (C=O) groups is 2. The molecule has 1 aromatic heterocycles. The first-order chi connectivity index (χ1) is 17.7. The molecular formula is C26H21N5O5S. The number of sulfonamides is 1. The van der Waals surface area contributed by atoms with Gasteiger partial charge in [-0.05, 0) is 53.9 Å². The van der Waals surface area contributed by atoms with Crippen LogP contribution in [0.3, 0.4) is 0 Å². The topological polar surface area (TPSA) is 159 Å². The minimum Gasteiger partial charge on any atom is -0.497 e. The molecule has 0 saturated heterocycles. The summed E-state index contributed by atoms with van der Waals surface area (Å²) in [7, 11) is -2.38. The van der Waals surface area contributed by atoms with E-state index in [1.807, 2.05) is 0 Å². The second kappa shape index (κ2) is 10.4. The van der Waals surface area contributed by atoms with E-state index in [1.165, 1.54) is 23.9 Å². The zero-order valence-electron chi connectivity index (χ0n) is 19.5. The molecule has 0 aliphatic carbocycles. The van der Waals surface area contributed by atoms with Gasteiger partial charge >= 0.3 is 0 Å².